The molecule has 33 heavy (non-hydrogen) atoms. The molecule has 0 saturated heterocycles. The molecule has 0 aliphatic rings. The molecular weight excluding hydrogens is 418 g/mol. The summed E-state index contributed by atoms with van der Waals surface area (Å²) in [5.41, 5.74) is 3.06. The van der Waals surface area contributed by atoms with E-state index in [0.717, 1.165) is 34.6 Å². The number of hydrogen-bond donors (Lipinski definition) is 1. The lowest BCUT2D eigenvalue weighted by Gasteiger charge is -2.24. The second-order valence-electron chi connectivity index (χ2n) is 8.58. The zero-order valence-corrected chi connectivity index (χ0v) is 20.5. The minimum Gasteiger partial charge on any atom is -0.496 e. The van der Waals surface area contributed by atoms with Gasteiger partial charge in [-0.3, -0.25) is 4.79 Å². The summed E-state index contributed by atoms with van der Waals surface area (Å²) in [6.45, 7) is 10.5. The van der Waals surface area contributed by atoms with Gasteiger partial charge in [0.25, 0.3) is 0 Å². The van der Waals surface area contributed by atoms with Gasteiger partial charge in [-0.1, -0.05) is 26.0 Å². The van der Waals surface area contributed by atoms with E-state index in [1.807, 2.05) is 64.1 Å². The van der Waals surface area contributed by atoms with Gasteiger partial charge in [-0.25, -0.2) is 4.79 Å². The number of amides is 1. The monoisotopic (exact) mass is 453 g/mol. The van der Waals surface area contributed by atoms with Gasteiger partial charge in [0.15, 0.2) is 0 Å². The lowest BCUT2D eigenvalue weighted by atomic mass is 9.87. The molecule has 0 aromatic heterocycles. The van der Waals surface area contributed by atoms with Gasteiger partial charge in [0.05, 0.1) is 20.3 Å². The molecule has 2 rings (SSSR count). The minimum atomic E-state index is -0.545. The predicted octanol–water partition coefficient (Wildman–Crippen LogP) is 5.71. The van der Waals surface area contributed by atoms with E-state index in [1.165, 1.54) is 6.08 Å². The average molecular weight is 454 g/mol. The molecule has 2 aromatic carbocycles. The van der Waals surface area contributed by atoms with Crippen LogP contribution in [0.2, 0.25) is 0 Å². The van der Waals surface area contributed by atoms with Crippen LogP contribution in [0.3, 0.4) is 0 Å². The molecule has 0 radical (unpaired) electrons. The molecular formula is C27H35NO5. The number of carbonyl (C=O) groups is 2. The van der Waals surface area contributed by atoms with Crippen LogP contribution in [0, 0.1) is 19.3 Å². The number of anilines is 1. The first-order valence-corrected chi connectivity index (χ1v) is 11.2. The van der Waals surface area contributed by atoms with Gasteiger partial charge in [-0.05, 0) is 80.6 Å². The Morgan fingerprint density at radius 2 is 1.67 bits per heavy atom. The number of methoxy groups -OCH3 is 1. The number of nitrogens with one attached hydrogen (secondary N) is 1. The van der Waals surface area contributed by atoms with E-state index in [1.54, 1.807) is 20.1 Å². The first kappa shape index (κ1) is 26.0. The number of aryl methyl sites for hydroxylation is 2. The summed E-state index contributed by atoms with van der Waals surface area (Å²) in [5, 5.41) is 2.97. The molecule has 0 saturated carbocycles. The number of ether oxygens (including phenoxy) is 3. The van der Waals surface area contributed by atoms with Crippen molar-refractivity contribution in [1.82, 2.24) is 0 Å². The van der Waals surface area contributed by atoms with E-state index in [-0.39, 0.29) is 11.9 Å². The Morgan fingerprint density at radius 1 is 1.03 bits per heavy atom. The van der Waals surface area contributed by atoms with Crippen molar-refractivity contribution in [3.8, 4) is 11.5 Å². The summed E-state index contributed by atoms with van der Waals surface area (Å²) in [7, 11) is 1.66. The number of esters is 1. The molecule has 0 aliphatic heterocycles. The zero-order chi connectivity index (χ0) is 24.4. The van der Waals surface area contributed by atoms with E-state index in [4.69, 9.17) is 14.2 Å². The highest BCUT2D eigenvalue weighted by atomic mass is 16.5. The second kappa shape index (κ2) is 12.1. The van der Waals surface area contributed by atoms with Crippen LogP contribution >= 0.6 is 0 Å². The van der Waals surface area contributed by atoms with Crippen molar-refractivity contribution in [2.75, 3.05) is 25.6 Å². The molecule has 6 heteroatoms. The van der Waals surface area contributed by atoms with E-state index >= 15 is 0 Å². The molecule has 178 valence electrons. The van der Waals surface area contributed by atoms with E-state index in [2.05, 4.69) is 5.32 Å². The average Bonchev–Trinajstić information content (AvgIpc) is 2.78. The number of carbonyl (C=O) groups excluding carboxylic acids is 2. The third-order valence-corrected chi connectivity index (χ3v) is 5.38. The Labute approximate surface area is 196 Å². The molecule has 0 heterocycles. The molecule has 0 unspecified atom stereocenters. The van der Waals surface area contributed by atoms with Crippen LogP contribution in [0.25, 0.3) is 6.08 Å². The van der Waals surface area contributed by atoms with Gasteiger partial charge in [0.2, 0.25) is 5.91 Å². The van der Waals surface area contributed by atoms with Crippen LogP contribution < -0.4 is 14.8 Å². The van der Waals surface area contributed by atoms with Crippen LogP contribution in [-0.4, -0.2) is 32.2 Å². The third-order valence-electron chi connectivity index (χ3n) is 5.38. The maximum atomic E-state index is 12.8. The predicted molar refractivity (Wildman–Crippen MR) is 132 cm³/mol. The molecule has 0 aliphatic carbocycles. The van der Waals surface area contributed by atoms with Gasteiger partial charge in [0, 0.05) is 17.2 Å². The van der Waals surface area contributed by atoms with Gasteiger partial charge in [-0.15, -0.1) is 0 Å². The van der Waals surface area contributed by atoms with Crippen LogP contribution in [0.1, 0.15) is 50.3 Å². The molecule has 0 atom stereocenters. The lowest BCUT2D eigenvalue weighted by Crippen LogP contribution is -2.31. The molecule has 0 fully saturated rings. The Hall–Kier alpha value is -3.28. The van der Waals surface area contributed by atoms with Crippen molar-refractivity contribution >= 4 is 23.6 Å². The normalized spacial score (nSPS) is 11.3. The highest BCUT2D eigenvalue weighted by molar-refractivity contribution is 5.95. The van der Waals surface area contributed by atoms with Gasteiger partial charge >= 0.3 is 5.97 Å². The van der Waals surface area contributed by atoms with Crippen LogP contribution in [-0.2, 0) is 14.3 Å². The number of benzene rings is 2. The Kier molecular flexibility index (Phi) is 9.52. The summed E-state index contributed by atoms with van der Waals surface area (Å²) in [5.74, 6) is 1.26. The Balaban J connectivity index is 1.84. The molecule has 2 aromatic rings. The molecule has 1 amide bonds. The summed E-state index contributed by atoms with van der Waals surface area (Å²) in [6, 6.07) is 11.3. The highest BCUT2D eigenvalue weighted by Crippen LogP contribution is 2.29. The SMILES string of the molecule is CCOC(=O)C=Cc1ccc(NC(=O)C(C)(C)CCCOc2cc(C)c(OC)cc2C)cc1. The molecule has 6 nitrogen and oxygen atoms in total. The Morgan fingerprint density at radius 3 is 2.30 bits per heavy atom. The van der Waals surface area contributed by atoms with Crippen molar-refractivity contribution in [1.29, 1.82) is 0 Å². The summed E-state index contributed by atoms with van der Waals surface area (Å²) >= 11 is 0. The fourth-order valence-corrected chi connectivity index (χ4v) is 3.28. The van der Waals surface area contributed by atoms with E-state index < -0.39 is 5.41 Å². The van der Waals surface area contributed by atoms with Gasteiger partial charge in [0.1, 0.15) is 11.5 Å². The smallest absolute Gasteiger partial charge is 0.330 e. The number of hydrogen-bond acceptors (Lipinski definition) is 5. The Bertz CT molecular complexity index is 977. The van der Waals surface area contributed by atoms with E-state index in [0.29, 0.717) is 25.3 Å². The first-order chi connectivity index (χ1) is 15.7. The topological polar surface area (TPSA) is 73.9 Å². The van der Waals surface area contributed by atoms with Crippen LogP contribution in [0.5, 0.6) is 11.5 Å². The fraction of sp³-hybridized carbons (Fsp3) is 0.407. The molecule has 0 spiro atoms. The van der Waals surface area contributed by atoms with Crippen molar-refractivity contribution in [2.45, 2.75) is 47.5 Å². The molecule has 1 N–H and O–H groups in total. The molecule has 0 bridgehead atoms. The van der Waals surface area contributed by atoms with Crippen molar-refractivity contribution in [3.63, 3.8) is 0 Å². The van der Waals surface area contributed by atoms with Gasteiger partial charge < -0.3 is 19.5 Å². The first-order valence-electron chi connectivity index (χ1n) is 11.2. The minimum absolute atomic E-state index is 0.0474. The van der Waals surface area contributed by atoms with Crippen molar-refractivity contribution in [2.24, 2.45) is 5.41 Å². The third kappa shape index (κ3) is 7.97. The maximum absolute atomic E-state index is 12.8. The highest BCUT2D eigenvalue weighted by Gasteiger charge is 2.27. The number of rotatable bonds is 11. The van der Waals surface area contributed by atoms with Crippen LogP contribution in [0.15, 0.2) is 42.5 Å². The maximum Gasteiger partial charge on any atom is 0.330 e. The van der Waals surface area contributed by atoms with Crippen LogP contribution in [0.4, 0.5) is 5.69 Å². The lowest BCUT2D eigenvalue weighted by molar-refractivity contribution is -0.137. The van der Waals surface area contributed by atoms with Crippen molar-refractivity contribution < 1.29 is 23.8 Å². The van der Waals surface area contributed by atoms with E-state index in [9.17, 15) is 9.59 Å². The van der Waals surface area contributed by atoms with Crippen molar-refractivity contribution in [3.05, 3.63) is 59.2 Å². The standard InChI is InChI=1S/C27H35NO5/c1-7-32-25(29)14-11-21-9-12-22(13-10-21)28-26(30)27(4,5)15-8-16-33-24-18-19(2)23(31-6)17-20(24)3/h9-14,17-18H,7-8,15-16H2,1-6H3,(H,28,30). The fourth-order valence-electron chi connectivity index (χ4n) is 3.28. The second-order valence-corrected chi connectivity index (χ2v) is 8.58. The van der Waals surface area contributed by atoms with Gasteiger partial charge in [-0.2, -0.15) is 0 Å². The largest absolute Gasteiger partial charge is 0.496 e. The zero-order valence-electron chi connectivity index (χ0n) is 20.5. The summed E-state index contributed by atoms with van der Waals surface area (Å²) in [4.78, 5) is 24.2. The quantitative estimate of drug-likeness (QED) is 0.268. The summed E-state index contributed by atoms with van der Waals surface area (Å²) < 4.78 is 16.2. The summed E-state index contributed by atoms with van der Waals surface area (Å²) in [6.07, 6.45) is 4.51.